The number of rotatable bonds is 7. The number of carbonyl (C=O) groups excluding carboxylic acids is 2. The molecule has 1 aromatic carbocycles. The van der Waals surface area contributed by atoms with Gasteiger partial charge in [0.25, 0.3) is 5.91 Å². The van der Waals surface area contributed by atoms with Crippen molar-refractivity contribution in [3.05, 3.63) is 48.2 Å². The average Bonchev–Trinajstić information content (AvgIpc) is 3.02. The summed E-state index contributed by atoms with van der Waals surface area (Å²) in [4.78, 5) is 28.8. The molecule has 23 heavy (non-hydrogen) atoms. The fourth-order valence-electron chi connectivity index (χ4n) is 1.80. The number of aromatic nitrogens is 1. The van der Waals surface area contributed by atoms with Crippen molar-refractivity contribution in [2.24, 2.45) is 0 Å². The summed E-state index contributed by atoms with van der Waals surface area (Å²) < 4.78 is 15.5. The number of amides is 1. The number of carbonyl (C=O) groups is 2. The van der Waals surface area contributed by atoms with Crippen LogP contribution in [0.5, 0.6) is 5.75 Å². The van der Waals surface area contributed by atoms with Gasteiger partial charge in [0.1, 0.15) is 18.6 Å². The second-order valence-electron chi connectivity index (χ2n) is 4.69. The molecule has 0 radical (unpaired) electrons. The van der Waals surface area contributed by atoms with Crippen LogP contribution in [0.25, 0.3) is 0 Å². The van der Waals surface area contributed by atoms with Gasteiger partial charge in [-0.3, -0.25) is 9.59 Å². The van der Waals surface area contributed by atoms with Crippen molar-refractivity contribution in [1.29, 1.82) is 0 Å². The van der Waals surface area contributed by atoms with Gasteiger partial charge in [0.2, 0.25) is 5.89 Å². The Bertz CT molecular complexity index is 654. The molecule has 0 fully saturated rings. The van der Waals surface area contributed by atoms with Gasteiger partial charge in [0.05, 0.1) is 6.61 Å². The molecular weight excluding hydrogens is 300 g/mol. The van der Waals surface area contributed by atoms with Crippen LogP contribution in [-0.2, 0) is 16.1 Å². The van der Waals surface area contributed by atoms with E-state index in [2.05, 4.69) is 4.98 Å². The summed E-state index contributed by atoms with van der Waals surface area (Å²) in [6.07, 6.45) is 1.24. The van der Waals surface area contributed by atoms with Gasteiger partial charge in [0.15, 0.2) is 12.3 Å². The highest BCUT2D eigenvalue weighted by molar-refractivity contribution is 5.93. The van der Waals surface area contributed by atoms with Gasteiger partial charge >= 0.3 is 5.97 Å². The molecule has 1 heterocycles. The molecule has 7 heteroatoms. The maximum absolute atomic E-state index is 12.1. The molecule has 2 aromatic rings. The molecule has 0 atom stereocenters. The summed E-state index contributed by atoms with van der Waals surface area (Å²) in [5.74, 6) is 0.0620. The Morgan fingerprint density at radius 1 is 1.26 bits per heavy atom. The SMILES string of the molecule is CCOC(=O)CN(C)C(=O)c1coc(COc2ccccc2)n1. The minimum atomic E-state index is -0.473. The van der Waals surface area contributed by atoms with Crippen molar-refractivity contribution in [3.8, 4) is 5.75 Å². The van der Waals surface area contributed by atoms with E-state index in [4.69, 9.17) is 13.9 Å². The zero-order valence-electron chi connectivity index (χ0n) is 13.0. The number of nitrogens with zero attached hydrogens (tertiary/aromatic N) is 2. The first-order valence-electron chi connectivity index (χ1n) is 7.13. The molecule has 0 aliphatic rings. The standard InChI is InChI=1S/C16H18N2O5/c1-3-21-15(19)9-18(2)16(20)13-10-23-14(17-13)11-22-12-7-5-4-6-8-12/h4-8,10H,3,9,11H2,1-2H3. The number of oxazole rings is 1. The Labute approximate surface area is 133 Å². The third kappa shape index (κ3) is 4.84. The van der Waals surface area contributed by atoms with Gasteiger partial charge < -0.3 is 18.8 Å². The topological polar surface area (TPSA) is 81.9 Å². The van der Waals surface area contributed by atoms with Crippen LogP contribution in [0.2, 0.25) is 0 Å². The molecule has 0 aliphatic heterocycles. The normalized spacial score (nSPS) is 10.2. The smallest absolute Gasteiger partial charge is 0.325 e. The van der Waals surface area contributed by atoms with Crippen molar-refractivity contribution in [1.82, 2.24) is 9.88 Å². The highest BCUT2D eigenvalue weighted by Gasteiger charge is 2.19. The van der Waals surface area contributed by atoms with Crippen LogP contribution in [0.3, 0.4) is 0 Å². The molecule has 0 aliphatic carbocycles. The van der Waals surface area contributed by atoms with E-state index in [-0.39, 0.29) is 31.3 Å². The number of hydrogen-bond donors (Lipinski definition) is 0. The number of para-hydroxylation sites is 1. The lowest BCUT2D eigenvalue weighted by molar-refractivity contribution is -0.143. The molecular formula is C16H18N2O5. The molecule has 1 aromatic heterocycles. The number of ether oxygens (including phenoxy) is 2. The van der Waals surface area contributed by atoms with Gasteiger partial charge in [-0.05, 0) is 19.1 Å². The van der Waals surface area contributed by atoms with Crippen molar-refractivity contribution in [2.45, 2.75) is 13.5 Å². The van der Waals surface area contributed by atoms with E-state index >= 15 is 0 Å². The largest absolute Gasteiger partial charge is 0.484 e. The molecule has 0 spiro atoms. The minimum absolute atomic E-state index is 0.110. The zero-order valence-corrected chi connectivity index (χ0v) is 13.0. The van der Waals surface area contributed by atoms with Gasteiger partial charge in [-0.1, -0.05) is 18.2 Å². The average molecular weight is 318 g/mol. The summed E-state index contributed by atoms with van der Waals surface area (Å²) in [5, 5.41) is 0. The number of hydrogen-bond acceptors (Lipinski definition) is 6. The van der Waals surface area contributed by atoms with E-state index in [1.54, 1.807) is 6.92 Å². The summed E-state index contributed by atoms with van der Waals surface area (Å²) >= 11 is 0. The summed E-state index contributed by atoms with van der Waals surface area (Å²) in [7, 11) is 1.49. The molecule has 0 saturated carbocycles. The third-order valence-corrected chi connectivity index (χ3v) is 2.89. The monoisotopic (exact) mass is 318 g/mol. The maximum Gasteiger partial charge on any atom is 0.325 e. The molecule has 2 rings (SSSR count). The first kappa shape index (κ1) is 16.5. The molecule has 122 valence electrons. The lowest BCUT2D eigenvalue weighted by Crippen LogP contribution is -2.33. The van der Waals surface area contributed by atoms with Crippen LogP contribution in [-0.4, -0.2) is 42.0 Å². The van der Waals surface area contributed by atoms with Gasteiger partial charge in [-0.15, -0.1) is 0 Å². The van der Waals surface area contributed by atoms with Crippen molar-refractivity contribution in [3.63, 3.8) is 0 Å². The van der Waals surface area contributed by atoms with Crippen LogP contribution >= 0.6 is 0 Å². The van der Waals surface area contributed by atoms with Crippen LogP contribution in [0.15, 0.2) is 41.0 Å². The quantitative estimate of drug-likeness (QED) is 0.725. The van der Waals surface area contributed by atoms with E-state index < -0.39 is 11.9 Å². The van der Waals surface area contributed by atoms with Crippen LogP contribution in [0.4, 0.5) is 0 Å². The van der Waals surface area contributed by atoms with Crippen LogP contribution < -0.4 is 4.74 Å². The zero-order chi connectivity index (χ0) is 16.7. The second-order valence-corrected chi connectivity index (χ2v) is 4.69. The Morgan fingerprint density at radius 2 is 2.00 bits per heavy atom. The molecule has 7 nitrogen and oxygen atoms in total. The molecule has 0 saturated heterocycles. The Balaban J connectivity index is 1.90. The molecule has 0 bridgehead atoms. The number of benzene rings is 1. The number of likely N-dealkylation sites (N-methyl/N-ethyl adjacent to an activating group) is 1. The first-order valence-corrected chi connectivity index (χ1v) is 7.13. The Kier molecular flexibility index (Phi) is 5.74. The van der Waals surface area contributed by atoms with E-state index in [0.717, 1.165) is 0 Å². The molecule has 0 N–H and O–H groups in total. The second kappa shape index (κ2) is 7.98. The Morgan fingerprint density at radius 3 is 2.70 bits per heavy atom. The summed E-state index contributed by atoms with van der Waals surface area (Å²) in [6.45, 7) is 1.94. The highest BCUT2D eigenvalue weighted by atomic mass is 16.5. The predicted octanol–water partition coefficient (Wildman–Crippen LogP) is 1.89. The van der Waals surface area contributed by atoms with Gasteiger partial charge in [-0.25, -0.2) is 4.98 Å². The van der Waals surface area contributed by atoms with E-state index in [0.29, 0.717) is 5.75 Å². The molecule has 0 unspecified atom stereocenters. The predicted molar refractivity (Wildman–Crippen MR) is 80.9 cm³/mol. The van der Waals surface area contributed by atoms with Gasteiger partial charge in [0, 0.05) is 7.05 Å². The highest BCUT2D eigenvalue weighted by Crippen LogP contribution is 2.12. The first-order chi connectivity index (χ1) is 11.1. The van der Waals surface area contributed by atoms with E-state index in [1.807, 2.05) is 30.3 Å². The lowest BCUT2D eigenvalue weighted by Gasteiger charge is -2.14. The van der Waals surface area contributed by atoms with Crippen molar-refractivity contribution < 1.29 is 23.5 Å². The fourth-order valence-corrected chi connectivity index (χ4v) is 1.80. The fraction of sp³-hybridized carbons (Fsp3) is 0.312. The van der Waals surface area contributed by atoms with E-state index in [9.17, 15) is 9.59 Å². The molecule has 1 amide bonds. The van der Waals surface area contributed by atoms with Crippen molar-refractivity contribution >= 4 is 11.9 Å². The Hall–Kier alpha value is -2.83. The third-order valence-electron chi connectivity index (χ3n) is 2.89. The van der Waals surface area contributed by atoms with Gasteiger partial charge in [-0.2, -0.15) is 0 Å². The van der Waals surface area contributed by atoms with E-state index in [1.165, 1.54) is 18.2 Å². The van der Waals surface area contributed by atoms with Crippen molar-refractivity contribution in [2.75, 3.05) is 20.2 Å². The van der Waals surface area contributed by atoms with Crippen LogP contribution in [0, 0.1) is 0 Å². The maximum atomic E-state index is 12.1. The minimum Gasteiger partial charge on any atom is -0.484 e. The summed E-state index contributed by atoms with van der Waals surface area (Å²) in [5.41, 5.74) is 0.114. The van der Waals surface area contributed by atoms with Crippen LogP contribution in [0.1, 0.15) is 23.3 Å². The number of esters is 1. The lowest BCUT2D eigenvalue weighted by atomic mass is 10.3. The summed E-state index contributed by atoms with van der Waals surface area (Å²) in [6, 6.07) is 9.20.